The molecule has 27 heavy (non-hydrogen) atoms. The molecule has 0 radical (unpaired) electrons. The SMILES string of the molecule is CPC(/C=C\c1ccc2c(c1)N=CCC2)CCc1cnc2ccccc2n1. The Bertz CT molecular complexity index is 994. The Morgan fingerprint density at radius 1 is 1.15 bits per heavy atom. The predicted molar refractivity (Wildman–Crippen MR) is 118 cm³/mol. The first-order chi connectivity index (χ1) is 13.3. The molecule has 4 rings (SSSR count). The van der Waals surface area contributed by atoms with Gasteiger partial charge in [0, 0.05) is 12.4 Å². The number of fused-ring (bicyclic) bond motifs is 2. The zero-order chi connectivity index (χ0) is 18.5. The second-order valence-corrected chi connectivity index (χ2v) is 8.20. The molecule has 0 aliphatic carbocycles. The lowest BCUT2D eigenvalue weighted by Gasteiger charge is -2.11. The third-order valence-electron chi connectivity index (χ3n) is 4.98. The molecule has 4 heteroatoms. The summed E-state index contributed by atoms with van der Waals surface area (Å²) in [6.45, 7) is 2.28. The largest absolute Gasteiger partial charge is 0.261 e. The number of aromatic nitrogens is 2. The monoisotopic (exact) mass is 373 g/mol. The van der Waals surface area contributed by atoms with Gasteiger partial charge >= 0.3 is 0 Å². The normalized spacial score (nSPS) is 15.0. The van der Waals surface area contributed by atoms with Crippen LogP contribution in [0.1, 0.15) is 29.7 Å². The molecular weight excluding hydrogens is 349 g/mol. The summed E-state index contributed by atoms with van der Waals surface area (Å²) in [5, 5.41) is 0. The van der Waals surface area contributed by atoms with E-state index in [2.05, 4.69) is 47.0 Å². The van der Waals surface area contributed by atoms with Crippen molar-refractivity contribution in [3.63, 3.8) is 0 Å². The quantitative estimate of drug-likeness (QED) is 0.527. The van der Waals surface area contributed by atoms with Crippen molar-refractivity contribution in [3.8, 4) is 0 Å². The zero-order valence-electron chi connectivity index (χ0n) is 15.6. The Morgan fingerprint density at radius 2 is 2.04 bits per heavy atom. The highest BCUT2D eigenvalue weighted by atomic mass is 31.1. The number of hydrogen-bond acceptors (Lipinski definition) is 3. The van der Waals surface area contributed by atoms with Gasteiger partial charge in [-0.05, 0) is 67.3 Å². The van der Waals surface area contributed by atoms with Crippen LogP contribution in [0, 0.1) is 0 Å². The maximum Gasteiger partial charge on any atom is 0.0890 e. The summed E-state index contributed by atoms with van der Waals surface area (Å²) >= 11 is 0. The van der Waals surface area contributed by atoms with Crippen LogP contribution >= 0.6 is 8.58 Å². The Balaban J connectivity index is 1.41. The topological polar surface area (TPSA) is 38.1 Å². The van der Waals surface area contributed by atoms with Crippen molar-refractivity contribution in [1.29, 1.82) is 0 Å². The van der Waals surface area contributed by atoms with Gasteiger partial charge in [-0.1, -0.05) is 36.4 Å². The van der Waals surface area contributed by atoms with Crippen molar-refractivity contribution in [3.05, 3.63) is 71.6 Å². The van der Waals surface area contributed by atoms with Crippen LogP contribution < -0.4 is 0 Å². The van der Waals surface area contributed by atoms with E-state index in [-0.39, 0.29) is 0 Å². The highest BCUT2D eigenvalue weighted by Crippen LogP contribution is 2.27. The van der Waals surface area contributed by atoms with E-state index in [1.165, 1.54) is 11.1 Å². The van der Waals surface area contributed by atoms with Gasteiger partial charge in [-0.25, -0.2) is 4.98 Å². The number of aliphatic imine (C=N–C) groups is 1. The van der Waals surface area contributed by atoms with Crippen LogP contribution in [-0.2, 0) is 12.8 Å². The van der Waals surface area contributed by atoms with Crippen molar-refractivity contribution in [1.82, 2.24) is 9.97 Å². The molecule has 0 bridgehead atoms. The van der Waals surface area contributed by atoms with Crippen LogP contribution in [0.4, 0.5) is 5.69 Å². The predicted octanol–water partition coefficient (Wildman–Crippen LogP) is 5.60. The standard InChI is InChI=1S/C23H24N3P/c1-27-20(12-9-17-8-10-18-5-4-14-24-23(18)15-17)13-11-19-16-25-21-6-2-3-7-22(21)26-19/h2-3,6-10,12,14-16,20,27H,4-5,11,13H2,1H3/b12-9-. The second kappa shape index (κ2) is 8.54. The van der Waals surface area contributed by atoms with Gasteiger partial charge in [-0.3, -0.25) is 9.98 Å². The fraction of sp³-hybridized carbons (Fsp3) is 0.261. The van der Waals surface area contributed by atoms with E-state index < -0.39 is 0 Å². The molecule has 0 spiro atoms. The second-order valence-electron chi connectivity index (χ2n) is 6.88. The Kier molecular flexibility index (Phi) is 5.69. The molecule has 1 aliphatic rings. The summed E-state index contributed by atoms with van der Waals surface area (Å²) in [6.07, 6.45) is 12.8. The summed E-state index contributed by atoms with van der Waals surface area (Å²) < 4.78 is 0. The average molecular weight is 373 g/mol. The van der Waals surface area contributed by atoms with E-state index in [1.54, 1.807) is 0 Å². The van der Waals surface area contributed by atoms with Crippen LogP contribution in [0.5, 0.6) is 0 Å². The molecule has 0 saturated heterocycles. The molecule has 3 nitrogen and oxygen atoms in total. The van der Waals surface area contributed by atoms with E-state index in [0.29, 0.717) is 5.66 Å². The molecule has 0 amide bonds. The highest BCUT2D eigenvalue weighted by Gasteiger charge is 2.07. The van der Waals surface area contributed by atoms with E-state index >= 15 is 0 Å². The number of aryl methyl sites for hydroxylation is 2. The van der Waals surface area contributed by atoms with Crippen molar-refractivity contribution in [2.75, 3.05) is 6.66 Å². The molecule has 2 aromatic carbocycles. The number of nitrogens with zero attached hydrogens (tertiary/aromatic N) is 3. The molecule has 0 fully saturated rings. The first-order valence-electron chi connectivity index (χ1n) is 9.53. The summed E-state index contributed by atoms with van der Waals surface area (Å²) in [5.74, 6) is 0. The summed E-state index contributed by atoms with van der Waals surface area (Å²) in [5.41, 5.74) is 7.32. The van der Waals surface area contributed by atoms with Crippen molar-refractivity contribution in [2.45, 2.75) is 31.3 Å². The first kappa shape index (κ1) is 18.0. The summed E-state index contributed by atoms with van der Waals surface area (Å²) in [7, 11) is 0.875. The molecule has 136 valence electrons. The van der Waals surface area contributed by atoms with E-state index in [1.807, 2.05) is 36.7 Å². The number of para-hydroxylation sites is 2. The third kappa shape index (κ3) is 4.48. The Morgan fingerprint density at radius 3 is 2.93 bits per heavy atom. The summed E-state index contributed by atoms with van der Waals surface area (Å²) in [4.78, 5) is 13.8. The van der Waals surface area contributed by atoms with Crippen molar-refractivity contribution in [2.24, 2.45) is 4.99 Å². The van der Waals surface area contributed by atoms with Crippen LogP contribution in [0.3, 0.4) is 0 Å². The fourth-order valence-electron chi connectivity index (χ4n) is 3.38. The molecule has 2 unspecified atom stereocenters. The van der Waals surface area contributed by atoms with Gasteiger partial charge in [0.1, 0.15) is 0 Å². The minimum absolute atomic E-state index is 0.567. The first-order valence-corrected chi connectivity index (χ1v) is 11.1. The molecule has 0 N–H and O–H groups in total. The fourth-order valence-corrected chi connectivity index (χ4v) is 4.10. The minimum Gasteiger partial charge on any atom is -0.261 e. The molecule has 1 aliphatic heterocycles. The van der Waals surface area contributed by atoms with Gasteiger partial charge < -0.3 is 0 Å². The average Bonchev–Trinajstić information content (AvgIpc) is 2.73. The van der Waals surface area contributed by atoms with Crippen molar-refractivity contribution < 1.29 is 0 Å². The van der Waals surface area contributed by atoms with Crippen molar-refractivity contribution >= 4 is 37.6 Å². The van der Waals surface area contributed by atoms with Gasteiger partial charge in [0.2, 0.25) is 0 Å². The summed E-state index contributed by atoms with van der Waals surface area (Å²) in [6, 6.07) is 14.7. The van der Waals surface area contributed by atoms with E-state index in [4.69, 9.17) is 4.98 Å². The van der Waals surface area contributed by atoms with E-state index in [9.17, 15) is 0 Å². The highest BCUT2D eigenvalue weighted by molar-refractivity contribution is 7.38. The number of allylic oxidation sites excluding steroid dienone is 1. The molecule has 2 atom stereocenters. The minimum atomic E-state index is 0.567. The zero-order valence-corrected chi connectivity index (χ0v) is 16.6. The number of rotatable bonds is 6. The van der Waals surface area contributed by atoms with Crippen LogP contribution in [0.2, 0.25) is 0 Å². The number of hydrogen-bond donors (Lipinski definition) is 0. The Labute approximate surface area is 162 Å². The molecule has 2 heterocycles. The molecule has 3 aromatic rings. The molecular formula is C23H24N3P. The maximum atomic E-state index is 4.75. The lowest BCUT2D eigenvalue weighted by Crippen LogP contribution is -2.01. The van der Waals surface area contributed by atoms with Crippen LogP contribution in [-0.4, -0.2) is 28.5 Å². The lowest BCUT2D eigenvalue weighted by atomic mass is 10.0. The Hall–Kier alpha value is -2.38. The van der Waals surface area contributed by atoms with Gasteiger partial charge in [0.05, 0.1) is 22.4 Å². The van der Waals surface area contributed by atoms with Gasteiger partial charge in [-0.2, -0.15) is 0 Å². The smallest absolute Gasteiger partial charge is 0.0890 e. The molecule has 1 aromatic heterocycles. The van der Waals surface area contributed by atoms with Crippen LogP contribution in [0.25, 0.3) is 17.1 Å². The van der Waals surface area contributed by atoms with Gasteiger partial charge in [0.25, 0.3) is 0 Å². The lowest BCUT2D eigenvalue weighted by molar-refractivity contribution is 0.828. The van der Waals surface area contributed by atoms with Gasteiger partial charge in [0.15, 0.2) is 0 Å². The van der Waals surface area contributed by atoms with Gasteiger partial charge in [-0.15, -0.1) is 8.58 Å². The van der Waals surface area contributed by atoms with E-state index in [0.717, 1.165) is 56.7 Å². The maximum absolute atomic E-state index is 4.75. The van der Waals surface area contributed by atoms with Crippen LogP contribution in [0.15, 0.2) is 59.7 Å². The molecule has 0 saturated carbocycles. The number of benzene rings is 2. The third-order valence-corrected chi connectivity index (χ3v) is 6.21.